The number of carbonyl (C=O) groups is 1. The molecular weight excluding hydrogens is 350 g/mol. The first-order valence-corrected chi connectivity index (χ1v) is 9.60. The minimum Gasteiger partial charge on any atom is -0.494 e. The van der Waals surface area contributed by atoms with E-state index in [1.165, 1.54) is 11.8 Å². The summed E-state index contributed by atoms with van der Waals surface area (Å²) in [4.78, 5) is 18.6. The van der Waals surface area contributed by atoms with Gasteiger partial charge in [-0.25, -0.2) is 4.98 Å². The van der Waals surface area contributed by atoms with E-state index in [0.29, 0.717) is 18.3 Å². The highest BCUT2D eigenvalue weighted by molar-refractivity contribution is 7.99. The van der Waals surface area contributed by atoms with Crippen LogP contribution in [0.4, 0.5) is 5.69 Å². The number of nitrogens with zero attached hydrogens (tertiary/aromatic N) is 4. The van der Waals surface area contributed by atoms with Crippen LogP contribution in [0.5, 0.6) is 5.75 Å². The monoisotopic (exact) mass is 373 g/mol. The van der Waals surface area contributed by atoms with Crippen LogP contribution in [0.15, 0.2) is 29.4 Å². The molecule has 0 aliphatic heterocycles. The highest BCUT2D eigenvalue weighted by Crippen LogP contribution is 2.22. The number of benzene rings is 1. The maximum Gasteiger partial charge on any atom is 0.237 e. The fourth-order valence-electron chi connectivity index (χ4n) is 2.34. The number of H-pyrrole nitrogens is 1. The Balaban J connectivity index is 2.02. The average molecular weight is 373 g/mol. The Morgan fingerprint density at radius 3 is 2.77 bits per heavy atom. The lowest BCUT2D eigenvalue weighted by Crippen LogP contribution is -2.33. The Bertz CT molecular complexity index is 739. The van der Waals surface area contributed by atoms with Gasteiger partial charge in [0, 0.05) is 18.7 Å². The molecule has 8 heteroatoms. The first-order valence-electron chi connectivity index (χ1n) is 8.62. The van der Waals surface area contributed by atoms with E-state index in [1.54, 1.807) is 4.90 Å². The number of carbonyl (C=O) groups excluding carboxylic acids is 1. The molecule has 0 radical (unpaired) electrons. The van der Waals surface area contributed by atoms with Crippen molar-refractivity contribution in [3.63, 3.8) is 0 Å². The zero-order chi connectivity index (χ0) is 18.8. The number of rotatable bonds is 10. The van der Waals surface area contributed by atoms with E-state index in [-0.39, 0.29) is 18.1 Å². The van der Waals surface area contributed by atoms with Crippen LogP contribution in [0.3, 0.4) is 0 Å². The lowest BCUT2D eigenvalue weighted by molar-refractivity contribution is -0.116. The van der Waals surface area contributed by atoms with Crippen LogP contribution in [-0.2, 0) is 11.2 Å². The minimum absolute atomic E-state index is 0.0868. The quantitative estimate of drug-likeness (QED) is 0.643. The van der Waals surface area contributed by atoms with Crippen LogP contribution < -0.4 is 9.64 Å². The number of amides is 1. The second kappa shape index (κ2) is 10.5. The van der Waals surface area contributed by atoms with Crippen molar-refractivity contribution in [1.29, 1.82) is 5.26 Å². The molecule has 1 aromatic carbocycles. The number of thioether (sulfide) groups is 1. The molecule has 26 heavy (non-hydrogen) atoms. The summed E-state index contributed by atoms with van der Waals surface area (Å²) in [6.45, 7) is 4.92. The number of nitrogens with one attached hydrogen (secondary N) is 1. The lowest BCUT2D eigenvalue weighted by Gasteiger charge is -2.21. The second-order valence-electron chi connectivity index (χ2n) is 5.48. The van der Waals surface area contributed by atoms with Gasteiger partial charge in [0.2, 0.25) is 11.1 Å². The fraction of sp³-hybridized carbons (Fsp3) is 0.444. The topological polar surface area (TPSA) is 94.9 Å². The maximum absolute atomic E-state index is 12.7. The Kier molecular flexibility index (Phi) is 7.96. The van der Waals surface area contributed by atoms with Gasteiger partial charge in [0.15, 0.2) is 0 Å². The molecule has 0 fully saturated rings. The SMILES string of the molecule is CCCc1nc(SCC(=O)N(CCC#N)c2ccc(OCC)cc2)n[nH]1. The smallest absolute Gasteiger partial charge is 0.237 e. The molecule has 0 spiro atoms. The molecule has 1 N–H and O–H groups in total. The van der Waals surface area contributed by atoms with Crippen molar-refractivity contribution in [1.82, 2.24) is 15.2 Å². The molecule has 2 rings (SSSR count). The van der Waals surface area contributed by atoms with E-state index in [9.17, 15) is 4.79 Å². The third kappa shape index (κ3) is 5.77. The number of aromatic amines is 1. The summed E-state index contributed by atoms with van der Waals surface area (Å²) in [5, 5.41) is 16.4. The molecule has 0 saturated carbocycles. The maximum atomic E-state index is 12.7. The van der Waals surface area contributed by atoms with Gasteiger partial charge in [-0.1, -0.05) is 18.7 Å². The number of ether oxygens (including phenoxy) is 1. The third-order valence-electron chi connectivity index (χ3n) is 3.53. The van der Waals surface area contributed by atoms with Crippen molar-refractivity contribution < 1.29 is 9.53 Å². The van der Waals surface area contributed by atoms with Crippen molar-refractivity contribution in [3.05, 3.63) is 30.1 Å². The summed E-state index contributed by atoms with van der Waals surface area (Å²) < 4.78 is 5.43. The molecule has 1 heterocycles. The number of aromatic nitrogens is 3. The van der Waals surface area contributed by atoms with Crippen molar-refractivity contribution in [2.45, 2.75) is 38.3 Å². The minimum atomic E-state index is -0.0868. The zero-order valence-corrected chi connectivity index (χ0v) is 15.9. The largest absolute Gasteiger partial charge is 0.494 e. The van der Waals surface area contributed by atoms with Crippen LogP contribution >= 0.6 is 11.8 Å². The van der Waals surface area contributed by atoms with Gasteiger partial charge in [0.25, 0.3) is 0 Å². The molecule has 0 aliphatic rings. The summed E-state index contributed by atoms with van der Waals surface area (Å²) in [6, 6.07) is 9.40. The fourth-order valence-corrected chi connectivity index (χ4v) is 3.04. The zero-order valence-electron chi connectivity index (χ0n) is 15.1. The molecule has 0 atom stereocenters. The summed E-state index contributed by atoms with van der Waals surface area (Å²) in [5.41, 5.74) is 0.746. The van der Waals surface area contributed by atoms with Gasteiger partial charge in [-0.05, 0) is 37.6 Å². The molecule has 0 bridgehead atoms. The Hall–Kier alpha value is -2.53. The van der Waals surface area contributed by atoms with Crippen LogP contribution in [-0.4, -0.2) is 40.0 Å². The highest BCUT2D eigenvalue weighted by atomic mass is 32.2. The molecule has 0 unspecified atom stereocenters. The Labute approximate surface area is 157 Å². The summed E-state index contributed by atoms with van der Waals surface area (Å²) in [7, 11) is 0. The Morgan fingerprint density at radius 2 is 2.12 bits per heavy atom. The van der Waals surface area contributed by atoms with E-state index in [2.05, 4.69) is 28.2 Å². The summed E-state index contributed by atoms with van der Waals surface area (Å²) in [5.74, 6) is 1.70. The second-order valence-corrected chi connectivity index (χ2v) is 6.43. The van der Waals surface area contributed by atoms with Crippen LogP contribution in [0, 0.1) is 11.3 Å². The van der Waals surface area contributed by atoms with E-state index in [4.69, 9.17) is 10.00 Å². The first-order chi connectivity index (χ1) is 12.7. The number of hydrogen-bond acceptors (Lipinski definition) is 6. The van der Waals surface area contributed by atoms with E-state index < -0.39 is 0 Å². The standard InChI is InChI=1S/C18H23N5O2S/c1-3-6-16-20-18(22-21-16)26-13-17(24)23(12-5-11-19)14-7-9-15(10-8-14)25-4-2/h7-10H,3-6,12-13H2,1-2H3,(H,20,21,22). The first kappa shape index (κ1) is 19.8. The predicted octanol–water partition coefficient (Wildman–Crippen LogP) is 3.19. The van der Waals surface area contributed by atoms with Gasteiger partial charge < -0.3 is 9.64 Å². The molecule has 138 valence electrons. The average Bonchev–Trinajstić information content (AvgIpc) is 3.10. The van der Waals surface area contributed by atoms with Crippen molar-refractivity contribution in [2.24, 2.45) is 0 Å². The molecular formula is C18H23N5O2S. The molecule has 1 amide bonds. The summed E-state index contributed by atoms with van der Waals surface area (Å²) >= 11 is 1.29. The number of anilines is 1. The predicted molar refractivity (Wildman–Crippen MR) is 101 cm³/mol. The molecule has 0 saturated heterocycles. The van der Waals surface area contributed by atoms with Gasteiger partial charge >= 0.3 is 0 Å². The van der Waals surface area contributed by atoms with Crippen LogP contribution in [0.1, 0.15) is 32.5 Å². The normalized spacial score (nSPS) is 10.3. The molecule has 0 aliphatic carbocycles. The number of nitriles is 1. The molecule has 1 aromatic heterocycles. The van der Waals surface area contributed by atoms with Gasteiger partial charge in [-0.3, -0.25) is 9.89 Å². The third-order valence-corrected chi connectivity index (χ3v) is 4.36. The van der Waals surface area contributed by atoms with Gasteiger partial charge in [-0.2, -0.15) is 5.26 Å². The van der Waals surface area contributed by atoms with Crippen molar-refractivity contribution >= 4 is 23.4 Å². The van der Waals surface area contributed by atoms with Crippen molar-refractivity contribution in [2.75, 3.05) is 23.8 Å². The van der Waals surface area contributed by atoms with Gasteiger partial charge in [0.1, 0.15) is 11.6 Å². The number of hydrogen-bond donors (Lipinski definition) is 1. The van der Waals surface area contributed by atoms with Gasteiger partial charge in [0.05, 0.1) is 24.8 Å². The van der Waals surface area contributed by atoms with E-state index in [0.717, 1.165) is 30.1 Å². The van der Waals surface area contributed by atoms with E-state index >= 15 is 0 Å². The number of aryl methyl sites for hydroxylation is 1. The molecule has 7 nitrogen and oxygen atoms in total. The highest BCUT2D eigenvalue weighted by Gasteiger charge is 2.17. The van der Waals surface area contributed by atoms with Gasteiger partial charge in [-0.15, -0.1) is 5.10 Å². The molecule has 2 aromatic rings. The summed E-state index contributed by atoms with van der Waals surface area (Å²) in [6.07, 6.45) is 2.09. The van der Waals surface area contributed by atoms with Crippen LogP contribution in [0.25, 0.3) is 0 Å². The Morgan fingerprint density at radius 1 is 1.35 bits per heavy atom. The van der Waals surface area contributed by atoms with E-state index in [1.807, 2.05) is 31.2 Å². The van der Waals surface area contributed by atoms with Crippen LogP contribution in [0.2, 0.25) is 0 Å². The lowest BCUT2D eigenvalue weighted by atomic mass is 10.2. The van der Waals surface area contributed by atoms with Crippen molar-refractivity contribution in [3.8, 4) is 11.8 Å².